The number of thiocarbonyl (C=S) groups is 1. The Bertz CT molecular complexity index is 623. The van der Waals surface area contributed by atoms with E-state index in [0.29, 0.717) is 23.9 Å². The summed E-state index contributed by atoms with van der Waals surface area (Å²) in [5.41, 5.74) is 1.07. The van der Waals surface area contributed by atoms with E-state index in [4.69, 9.17) is 17.5 Å². The molecule has 7 nitrogen and oxygen atoms in total. The predicted molar refractivity (Wildman–Crippen MR) is 76.7 cm³/mol. The summed E-state index contributed by atoms with van der Waals surface area (Å²) in [5, 5.41) is 22.9. The molecule has 0 aromatic carbocycles. The van der Waals surface area contributed by atoms with Crippen molar-refractivity contribution in [1.29, 1.82) is 5.26 Å². The van der Waals surface area contributed by atoms with Gasteiger partial charge in [0.25, 0.3) is 0 Å². The lowest BCUT2D eigenvalue weighted by Crippen LogP contribution is -2.31. The minimum absolute atomic E-state index is 0.200. The van der Waals surface area contributed by atoms with Crippen LogP contribution in [0.3, 0.4) is 0 Å². The Morgan fingerprint density at radius 1 is 1.30 bits per heavy atom. The van der Waals surface area contributed by atoms with Gasteiger partial charge in [-0.2, -0.15) is 15.5 Å². The molecule has 20 heavy (non-hydrogen) atoms. The van der Waals surface area contributed by atoms with Crippen LogP contribution in [0.5, 0.6) is 0 Å². The zero-order valence-corrected chi connectivity index (χ0v) is 11.3. The average Bonchev–Trinajstić information content (AvgIpc) is 2.49. The molecular weight excluding hydrogens is 274 g/mol. The Morgan fingerprint density at radius 2 is 2.15 bits per heavy atom. The standard InChI is InChI=1S/C12H11N7S/c13-8-10-11(15-7-6-14-10)18-12(20)16-5-3-9-2-1-4-17-19-9/h1-2,4,6-7H,3,5H2,(H2,15,16,18,20). The Balaban J connectivity index is 1.83. The van der Waals surface area contributed by atoms with Crippen molar-refractivity contribution in [3.63, 3.8) is 0 Å². The second kappa shape index (κ2) is 7.06. The zero-order chi connectivity index (χ0) is 14.2. The van der Waals surface area contributed by atoms with Crippen LogP contribution in [0.2, 0.25) is 0 Å². The summed E-state index contributed by atoms with van der Waals surface area (Å²) in [6.45, 7) is 0.604. The lowest BCUT2D eigenvalue weighted by Gasteiger charge is -2.09. The van der Waals surface area contributed by atoms with E-state index in [1.807, 2.05) is 18.2 Å². The van der Waals surface area contributed by atoms with Gasteiger partial charge < -0.3 is 10.6 Å². The molecule has 2 heterocycles. The number of nitrogens with one attached hydrogen (secondary N) is 2. The van der Waals surface area contributed by atoms with E-state index in [9.17, 15) is 0 Å². The smallest absolute Gasteiger partial charge is 0.183 e. The Morgan fingerprint density at radius 3 is 2.90 bits per heavy atom. The number of rotatable bonds is 4. The maximum Gasteiger partial charge on any atom is 0.183 e. The Kier molecular flexibility index (Phi) is 4.86. The molecular formula is C12H11N7S. The van der Waals surface area contributed by atoms with E-state index in [-0.39, 0.29) is 5.69 Å². The van der Waals surface area contributed by atoms with Crippen molar-refractivity contribution in [1.82, 2.24) is 25.5 Å². The van der Waals surface area contributed by atoms with Gasteiger partial charge in [0.05, 0.1) is 5.69 Å². The van der Waals surface area contributed by atoms with Crippen LogP contribution in [0.1, 0.15) is 11.4 Å². The molecule has 2 aromatic heterocycles. The van der Waals surface area contributed by atoms with Gasteiger partial charge in [-0.1, -0.05) is 0 Å². The lowest BCUT2D eigenvalue weighted by atomic mass is 10.3. The van der Waals surface area contributed by atoms with Crippen LogP contribution < -0.4 is 10.6 Å². The van der Waals surface area contributed by atoms with Gasteiger partial charge >= 0.3 is 0 Å². The Hall–Kier alpha value is -2.66. The van der Waals surface area contributed by atoms with Gasteiger partial charge in [0, 0.05) is 31.6 Å². The van der Waals surface area contributed by atoms with E-state index in [1.165, 1.54) is 12.4 Å². The van der Waals surface area contributed by atoms with Crippen molar-refractivity contribution < 1.29 is 0 Å². The molecule has 100 valence electrons. The van der Waals surface area contributed by atoms with E-state index < -0.39 is 0 Å². The number of hydrogen-bond donors (Lipinski definition) is 2. The molecule has 2 aromatic rings. The first-order valence-electron chi connectivity index (χ1n) is 5.82. The SMILES string of the molecule is N#Cc1nccnc1NC(=S)NCCc1cccnn1. The maximum atomic E-state index is 8.88. The summed E-state index contributed by atoms with van der Waals surface area (Å²) < 4.78 is 0. The summed E-state index contributed by atoms with van der Waals surface area (Å²) in [6, 6.07) is 5.66. The van der Waals surface area contributed by atoms with Crippen molar-refractivity contribution in [2.75, 3.05) is 11.9 Å². The fourth-order valence-corrected chi connectivity index (χ4v) is 1.63. The van der Waals surface area contributed by atoms with Crippen LogP contribution in [0.15, 0.2) is 30.7 Å². The summed E-state index contributed by atoms with van der Waals surface area (Å²) in [7, 11) is 0. The van der Waals surface area contributed by atoms with Crippen LogP contribution in [0.4, 0.5) is 5.82 Å². The number of nitrogens with zero attached hydrogens (tertiary/aromatic N) is 5. The van der Waals surface area contributed by atoms with Gasteiger partial charge in [-0.15, -0.1) is 0 Å². The monoisotopic (exact) mass is 285 g/mol. The maximum absolute atomic E-state index is 8.88. The van der Waals surface area contributed by atoms with Crippen LogP contribution >= 0.6 is 12.2 Å². The van der Waals surface area contributed by atoms with Crippen LogP contribution in [0.25, 0.3) is 0 Å². The molecule has 2 N–H and O–H groups in total. The largest absolute Gasteiger partial charge is 0.362 e. The second-order valence-electron chi connectivity index (χ2n) is 3.71. The summed E-state index contributed by atoms with van der Waals surface area (Å²) in [6.07, 6.45) is 5.27. The first-order chi connectivity index (χ1) is 9.79. The summed E-state index contributed by atoms with van der Waals surface area (Å²) >= 11 is 5.12. The third-order valence-electron chi connectivity index (χ3n) is 2.33. The molecule has 0 aliphatic heterocycles. The van der Waals surface area contributed by atoms with Gasteiger partial charge in [-0.3, -0.25) is 0 Å². The molecule has 0 spiro atoms. The van der Waals surface area contributed by atoms with E-state index in [1.54, 1.807) is 6.20 Å². The van der Waals surface area contributed by atoms with Crippen LogP contribution in [0, 0.1) is 11.3 Å². The fraction of sp³-hybridized carbons (Fsp3) is 0.167. The zero-order valence-electron chi connectivity index (χ0n) is 10.4. The predicted octanol–water partition coefficient (Wildman–Crippen LogP) is 0.667. The molecule has 2 rings (SSSR count). The highest BCUT2D eigenvalue weighted by Crippen LogP contribution is 2.05. The van der Waals surface area contributed by atoms with Crippen molar-refractivity contribution >= 4 is 23.1 Å². The first kappa shape index (κ1) is 13.8. The van der Waals surface area contributed by atoms with E-state index in [2.05, 4.69) is 30.8 Å². The molecule has 0 radical (unpaired) electrons. The molecule has 0 fully saturated rings. The first-order valence-corrected chi connectivity index (χ1v) is 6.23. The molecule has 0 atom stereocenters. The van der Waals surface area contributed by atoms with Crippen molar-refractivity contribution in [2.45, 2.75) is 6.42 Å². The fourth-order valence-electron chi connectivity index (χ4n) is 1.43. The molecule has 8 heteroatoms. The highest BCUT2D eigenvalue weighted by Gasteiger charge is 2.05. The van der Waals surface area contributed by atoms with Crippen molar-refractivity contribution in [2.24, 2.45) is 0 Å². The molecule has 0 bridgehead atoms. The number of aromatic nitrogens is 4. The van der Waals surface area contributed by atoms with Gasteiger partial charge in [0.1, 0.15) is 6.07 Å². The third kappa shape index (κ3) is 3.93. The lowest BCUT2D eigenvalue weighted by molar-refractivity contribution is 0.817. The van der Waals surface area contributed by atoms with Gasteiger partial charge in [-0.05, 0) is 24.4 Å². The minimum atomic E-state index is 0.200. The van der Waals surface area contributed by atoms with Crippen LogP contribution in [-0.4, -0.2) is 31.8 Å². The minimum Gasteiger partial charge on any atom is -0.362 e. The van der Waals surface area contributed by atoms with Crippen molar-refractivity contribution in [3.8, 4) is 6.07 Å². The molecule has 0 aliphatic carbocycles. The van der Waals surface area contributed by atoms with Crippen molar-refractivity contribution in [3.05, 3.63) is 42.1 Å². The summed E-state index contributed by atoms with van der Waals surface area (Å²) in [5.74, 6) is 0.340. The molecule has 0 aliphatic rings. The van der Waals surface area contributed by atoms with Gasteiger partial charge in [-0.25, -0.2) is 9.97 Å². The van der Waals surface area contributed by atoms with Gasteiger partial charge in [0.2, 0.25) is 0 Å². The van der Waals surface area contributed by atoms with Crippen LogP contribution in [-0.2, 0) is 6.42 Å². The molecule has 0 saturated heterocycles. The molecule has 0 saturated carbocycles. The number of anilines is 1. The van der Waals surface area contributed by atoms with E-state index >= 15 is 0 Å². The topological polar surface area (TPSA) is 99.4 Å². The second-order valence-corrected chi connectivity index (χ2v) is 4.12. The normalized spacial score (nSPS) is 9.55. The molecule has 0 unspecified atom stereocenters. The Labute approximate surface area is 121 Å². The highest BCUT2D eigenvalue weighted by atomic mass is 32.1. The summed E-state index contributed by atoms with van der Waals surface area (Å²) in [4.78, 5) is 7.90. The third-order valence-corrected chi connectivity index (χ3v) is 2.58. The number of hydrogen-bond acceptors (Lipinski definition) is 6. The van der Waals surface area contributed by atoms with Gasteiger partial charge in [0.15, 0.2) is 16.6 Å². The highest BCUT2D eigenvalue weighted by molar-refractivity contribution is 7.80. The quantitative estimate of drug-likeness (QED) is 0.791. The van der Waals surface area contributed by atoms with E-state index in [0.717, 1.165) is 5.69 Å². The average molecular weight is 285 g/mol. The molecule has 0 amide bonds. The number of nitriles is 1.